The van der Waals surface area contributed by atoms with Gasteiger partial charge in [-0.1, -0.05) is 60.1 Å². The van der Waals surface area contributed by atoms with E-state index in [1.165, 1.54) is 5.56 Å². The van der Waals surface area contributed by atoms with Crippen LogP contribution in [0.2, 0.25) is 5.02 Å². The van der Waals surface area contributed by atoms with Gasteiger partial charge < -0.3 is 5.11 Å². The molecule has 0 aromatic heterocycles. The molecule has 2 aromatic carbocycles. The number of aliphatic hydroxyl groups excluding tert-OH is 1. The second kappa shape index (κ2) is 6.03. The molecule has 2 rings (SSSR count). The number of rotatable bonds is 4. The Labute approximate surface area is 113 Å². The van der Waals surface area contributed by atoms with Crippen molar-refractivity contribution in [3.05, 3.63) is 70.7 Å². The van der Waals surface area contributed by atoms with Crippen molar-refractivity contribution in [1.29, 1.82) is 0 Å². The van der Waals surface area contributed by atoms with Crippen molar-refractivity contribution < 1.29 is 5.11 Å². The molecule has 18 heavy (non-hydrogen) atoms. The Bertz CT molecular complexity index is 493. The lowest BCUT2D eigenvalue weighted by molar-refractivity contribution is 0.161. The molecule has 2 unspecified atom stereocenters. The molecule has 0 bridgehead atoms. The van der Waals surface area contributed by atoms with Crippen molar-refractivity contribution in [3.8, 4) is 0 Å². The predicted octanol–water partition coefficient (Wildman–Crippen LogP) is 4.05. The Hall–Kier alpha value is -1.31. The lowest BCUT2D eigenvalue weighted by Crippen LogP contribution is -2.17. The first kappa shape index (κ1) is 13.1. The Morgan fingerprint density at radius 1 is 1.00 bits per heavy atom. The molecule has 0 aliphatic carbocycles. The molecule has 1 N–H and O–H groups in total. The van der Waals surface area contributed by atoms with E-state index >= 15 is 0 Å². The topological polar surface area (TPSA) is 20.2 Å². The molecule has 0 radical (unpaired) electrons. The highest BCUT2D eigenvalue weighted by Gasteiger charge is 2.20. The maximum Gasteiger partial charge on any atom is 0.0584 e. The summed E-state index contributed by atoms with van der Waals surface area (Å²) in [5, 5.41) is 10.7. The van der Waals surface area contributed by atoms with Crippen LogP contribution in [0.3, 0.4) is 0 Å². The molecule has 0 aliphatic rings. The van der Waals surface area contributed by atoms with Crippen LogP contribution in [0.5, 0.6) is 0 Å². The second-order valence-corrected chi connectivity index (χ2v) is 4.97. The Morgan fingerprint density at radius 3 is 2.22 bits per heavy atom. The molecule has 0 amide bonds. The largest absolute Gasteiger partial charge is 0.393 e. The summed E-state index contributed by atoms with van der Waals surface area (Å²) in [5.41, 5.74) is 2.22. The molecular weight excluding hydrogens is 244 g/mol. The maximum atomic E-state index is 9.99. The van der Waals surface area contributed by atoms with Crippen LogP contribution >= 0.6 is 11.6 Å². The SMILES string of the molecule is CC(O)C(Cc1ccccc1)c1ccccc1Cl. The highest BCUT2D eigenvalue weighted by Crippen LogP contribution is 2.30. The minimum atomic E-state index is -0.426. The standard InChI is InChI=1S/C16H17ClO/c1-12(18)15(11-13-7-3-2-4-8-13)14-9-5-6-10-16(14)17/h2-10,12,15,18H,11H2,1H3. The summed E-state index contributed by atoms with van der Waals surface area (Å²) in [6.07, 6.45) is 0.368. The third kappa shape index (κ3) is 3.12. The van der Waals surface area contributed by atoms with Crippen LogP contribution in [0, 0.1) is 0 Å². The van der Waals surface area contributed by atoms with E-state index in [1.54, 1.807) is 0 Å². The molecule has 2 atom stereocenters. The van der Waals surface area contributed by atoms with Crippen LogP contribution in [0.25, 0.3) is 0 Å². The molecule has 0 saturated carbocycles. The second-order valence-electron chi connectivity index (χ2n) is 4.56. The van der Waals surface area contributed by atoms with Crippen molar-refractivity contribution in [2.45, 2.75) is 25.4 Å². The number of aliphatic hydroxyl groups is 1. The molecule has 94 valence electrons. The first-order chi connectivity index (χ1) is 8.68. The zero-order chi connectivity index (χ0) is 13.0. The normalized spacial score (nSPS) is 14.2. The summed E-state index contributed by atoms with van der Waals surface area (Å²) in [6, 6.07) is 17.9. The van der Waals surface area contributed by atoms with Gasteiger partial charge in [-0.3, -0.25) is 0 Å². The van der Waals surface area contributed by atoms with Crippen molar-refractivity contribution in [1.82, 2.24) is 0 Å². The Morgan fingerprint density at radius 2 is 1.61 bits per heavy atom. The highest BCUT2D eigenvalue weighted by atomic mass is 35.5. The molecule has 0 saturated heterocycles. The Balaban J connectivity index is 2.27. The van der Waals surface area contributed by atoms with E-state index in [2.05, 4.69) is 12.1 Å². The van der Waals surface area contributed by atoms with E-state index in [9.17, 15) is 5.11 Å². The zero-order valence-corrected chi connectivity index (χ0v) is 11.1. The summed E-state index contributed by atoms with van der Waals surface area (Å²) in [6.45, 7) is 1.82. The van der Waals surface area contributed by atoms with Gasteiger partial charge in [0.2, 0.25) is 0 Å². The van der Waals surface area contributed by atoms with Crippen LogP contribution in [-0.2, 0) is 6.42 Å². The number of benzene rings is 2. The van der Waals surface area contributed by atoms with E-state index in [1.807, 2.05) is 49.4 Å². The third-order valence-corrected chi connectivity index (χ3v) is 3.53. The van der Waals surface area contributed by atoms with E-state index in [0.29, 0.717) is 0 Å². The fourth-order valence-electron chi connectivity index (χ4n) is 2.18. The van der Waals surface area contributed by atoms with Crippen molar-refractivity contribution in [2.24, 2.45) is 0 Å². The lowest BCUT2D eigenvalue weighted by atomic mass is 9.88. The van der Waals surface area contributed by atoms with Crippen LogP contribution in [-0.4, -0.2) is 11.2 Å². The van der Waals surface area contributed by atoms with Gasteiger partial charge in [0, 0.05) is 10.9 Å². The van der Waals surface area contributed by atoms with Gasteiger partial charge in [0.25, 0.3) is 0 Å². The highest BCUT2D eigenvalue weighted by molar-refractivity contribution is 6.31. The molecular formula is C16H17ClO. The van der Waals surface area contributed by atoms with Gasteiger partial charge in [-0.2, -0.15) is 0 Å². The zero-order valence-electron chi connectivity index (χ0n) is 10.4. The van der Waals surface area contributed by atoms with Gasteiger partial charge in [0.05, 0.1) is 6.10 Å². The van der Waals surface area contributed by atoms with Gasteiger partial charge in [-0.25, -0.2) is 0 Å². The lowest BCUT2D eigenvalue weighted by Gasteiger charge is -2.21. The van der Waals surface area contributed by atoms with Crippen LogP contribution in [0.4, 0.5) is 0 Å². The van der Waals surface area contributed by atoms with Gasteiger partial charge in [-0.15, -0.1) is 0 Å². The molecule has 1 nitrogen and oxygen atoms in total. The molecule has 0 aliphatic heterocycles. The fourth-order valence-corrected chi connectivity index (χ4v) is 2.46. The number of halogens is 1. The summed E-state index contributed by atoms with van der Waals surface area (Å²) in [5.74, 6) is 0.0288. The van der Waals surface area contributed by atoms with Gasteiger partial charge in [0.15, 0.2) is 0 Å². The fraction of sp³-hybridized carbons (Fsp3) is 0.250. The first-order valence-electron chi connectivity index (χ1n) is 6.15. The molecule has 0 fully saturated rings. The first-order valence-corrected chi connectivity index (χ1v) is 6.52. The smallest absolute Gasteiger partial charge is 0.0584 e. The average Bonchev–Trinajstić information content (AvgIpc) is 2.38. The van der Waals surface area contributed by atoms with E-state index in [0.717, 1.165) is 17.0 Å². The van der Waals surface area contributed by atoms with Gasteiger partial charge >= 0.3 is 0 Å². The molecule has 2 heteroatoms. The van der Waals surface area contributed by atoms with Crippen LogP contribution < -0.4 is 0 Å². The minimum absolute atomic E-state index is 0.0288. The minimum Gasteiger partial charge on any atom is -0.393 e. The van der Waals surface area contributed by atoms with Gasteiger partial charge in [-0.05, 0) is 30.5 Å². The quantitative estimate of drug-likeness (QED) is 0.879. The van der Waals surface area contributed by atoms with E-state index < -0.39 is 6.10 Å². The summed E-state index contributed by atoms with van der Waals surface area (Å²) >= 11 is 6.22. The monoisotopic (exact) mass is 260 g/mol. The number of hydrogen-bond donors (Lipinski definition) is 1. The Kier molecular flexibility index (Phi) is 4.40. The van der Waals surface area contributed by atoms with Crippen molar-refractivity contribution in [2.75, 3.05) is 0 Å². The molecule has 0 heterocycles. The van der Waals surface area contributed by atoms with Gasteiger partial charge in [0.1, 0.15) is 0 Å². The van der Waals surface area contributed by atoms with Crippen LogP contribution in [0.15, 0.2) is 54.6 Å². The van der Waals surface area contributed by atoms with Crippen molar-refractivity contribution in [3.63, 3.8) is 0 Å². The summed E-state index contributed by atoms with van der Waals surface area (Å²) in [7, 11) is 0. The average molecular weight is 261 g/mol. The predicted molar refractivity (Wildman–Crippen MR) is 76.0 cm³/mol. The summed E-state index contributed by atoms with van der Waals surface area (Å²) < 4.78 is 0. The van der Waals surface area contributed by atoms with Crippen LogP contribution in [0.1, 0.15) is 24.0 Å². The number of hydrogen-bond acceptors (Lipinski definition) is 1. The third-order valence-electron chi connectivity index (χ3n) is 3.19. The van der Waals surface area contributed by atoms with Crippen molar-refractivity contribution >= 4 is 11.6 Å². The van der Waals surface area contributed by atoms with E-state index in [-0.39, 0.29) is 5.92 Å². The summed E-state index contributed by atoms with van der Waals surface area (Å²) in [4.78, 5) is 0. The maximum absolute atomic E-state index is 9.99. The molecule has 0 spiro atoms. The van der Waals surface area contributed by atoms with E-state index in [4.69, 9.17) is 11.6 Å². The molecule has 2 aromatic rings.